The maximum Gasteiger partial charge on any atom is 0.194 e. The van der Waals surface area contributed by atoms with Crippen molar-refractivity contribution >= 4 is 0 Å². The molecule has 1 aliphatic carbocycles. The van der Waals surface area contributed by atoms with E-state index in [2.05, 4.69) is 24.1 Å². The number of nitrogens with zero attached hydrogens (tertiary/aromatic N) is 1. The lowest BCUT2D eigenvalue weighted by atomic mass is 10.0. The van der Waals surface area contributed by atoms with Gasteiger partial charge < -0.3 is 9.73 Å². The standard InChI is InChI=1S/C14H24N2O/c1-3-11(2)9-13-10-16-14(17-13)5-4-8-15-12-6-7-12/h10-12,15H,3-9H2,1-2H3. The highest BCUT2D eigenvalue weighted by Crippen LogP contribution is 2.18. The summed E-state index contributed by atoms with van der Waals surface area (Å²) in [5, 5.41) is 3.51. The lowest BCUT2D eigenvalue weighted by molar-refractivity contribution is 0.414. The van der Waals surface area contributed by atoms with Crippen molar-refractivity contribution in [3.05, 3.63) is 17.8 Å². The van der Waals surface area contributed by atoms with Crippen molar-refractivity contribution in [2.45, 2.75) is 58.4 Å². The molecule has 0 aromatic carbocycles. The summed E-state index contributed by atoms with van der Waals surface area (Å²) >= 11 is 0. The van der Waals surface area contributed by atoms with E-state index in [0.717, 1.165) is 43.5 Å². The molecule has 0 amide bonds. The van der Waals surface area contributed by atoms with Gasteiger partial charge in [-0.3, -0.25) is 0 Å². The monoisotopic (exact) mass is 236 g/mol. The first kappa shape index (κ1) is 12.6. The second kappa shape index (κ2) is 6.20. The smallest absolute Gasteiger partial charge is 0.194 e. The Morgan fingerprint density at radius 3 is 3.06 bits per heavy atom. The van der Waals surface area contributed by atoms with Gasteiger partial charge in [-0.15, -0.1) is 0 Å². The molecule has 0 radical (unpaired) electrons. The molecule has 1 heterocycles. The Bertz CT molecular complexity index is 331. The number of aromatic nitrogens is 1. The van der Waals surface area contributed by atoms with E-state index < -0.39 is 0 Å². The largest absolute Gasteiger partial charge is 0.446 e. The number of oxazole rings is 1. The van der Waals surface area contributed by atoms with E-state index in [1.165, 1.54) is 19.3 Å². The highest BCUT2D eigenvalue weighted by Gasteiger charge is 2.19. The molecule has 1 N–H and O–H groups in total. The zero-order valence-corrected chi connectivity index (χ0v) is 11.0. The van der Waals surface area contributed by atoms with Gasteiger partial charge in [0.05, 0.1) is 6.20 Å². The molecule has 1 aliphatic rings. The predicted molar refractivity (Wildman–Crippen MR) is 69.0 cm³/mol. The van der Waals surface area contributed by atoms with Crippen LogP contribution < -0.4 is 5.32 Å². The molecule has 3 nitrogen and oxygen atoms in total. The van der Waals surface area contributed by atoms with E-state index in [9.17, 15) is 0 Å². The molecule has 3 heteroatoms. The van der Waals surface area contributed by atoms with E-state index in [4.69, 9.17) is 4.42 Å². The van der Waals surface area contributed by atoms with Crippen molar-refractivity contribution in [2.75, 3.05) is 6.54 Å². The number of aryl methyl sites for hydroxylation is 1. The van der Waals surface area contributed by atoms with Gasteiger partial charge >= 0.3 is 0 Å². The lowest BCUT2D eigenvalue weighted by Crippen LogP contribution is -2.17. The van der Waals surface area contributed by atoms with Crippen LogP contribution in [0.25, 0.3) is 0 Å². The van der Waals surface area contributed by atoms with Gasteiger partial charge in [0.2, 0.25) is 0 Å². The Morgan fingerprint density at radius 2 is 2.35 bits per heavy atom. The van der Waals surface area contributed by atoms with Crippen LogP contribution in [0.3, 0.4) is 0 Å². The van der Waals surface area contributed by atoms with Crippen LogP contribution in [-0.4, -0.2) is 17.6 Å². The van der Waals surface area contributed by atoms with Crippen LogP contribution in [0.15, 0.2) is 10.6 Å². The fraction of sp³-hybridized carbons (Fsp3) is 0.786. The fourth-order valence-electron chi connectivity index (χ4n) is 1.88. The molecule has 0 aliphatic heterocycles. The molecule has 1 fully saturated rings. The van der Waals surface area contributed by atoms with Crippen LogP contribution in [0.2, 0.25) is 0 Å². The van der Waals surface area contributed by atoms with Gasteiger partial charge in [-0.2, -0.15) is 0 Å². The Labute approximate surface area is 104 Å². The summed E-state index contributed by atoms with van der Waals surface area (Å²) in [6.45, 7) is 5.56. The van der Waals surface area contributed by atoms with Gasteiger partial charge in [-0.25, -0.2) is 4.98 Å². The van der Waals surface area contributed by atoms with Gasteiger partial charge in [0.1, 0.15) is 5.76 Å². The van der Waals surface area contributed by atoms with Crippen LogP contribution in [0, 0.1) is 5.92 Å². The van der Waals surface area contributed by atoms with Gasteiger partial charge in [0.25, 0.3) is 0 Å². The molecule has 1 atom stereocenters. The van der Waals surface area contributed by atoms with E-state index in [0.29, 0.717) is 5.92 Å². The van der Waals surface area contributed by atoms with E-state index in [1.54, 1.807) is 0 Å². The summed E-state index contributed by atoms with van der Waals surface area (Å²) in [5.41, 5.74) is 0. The SMILES string of the molecule is CCC(C)Cc1cnc(CCCNC2CC2)o1. The number of hydrogen-bond acceptors (Lipinski definition) is 3. The summed E-state index contributed by atoms with van der Waals surface area (Å²) in [5.74, 6) is 2.64. The predicted octanol–water partition coefficient (Wildman–Crippen LogP) is 2.95. The lowest BCUT2D eigenvalue weighted by Gasteiger charge is -2.03. The third-order valence-corrected chi connectivity index (χ3v) is 3.43. The Hall–Kier alpha value is -0.830. The molecule has 1 unspecified atom stereocenters. The quantitative estimate of drug-likeness (QED) is 0.705. The molecule has 17 heavy (non-hydrogen) atoms. The minimum Gasteiger partial charge on any atom is -0.446 e. The van der Waals surface area contributed by atoms with Crippen molar-refractivity contribution in [3.8, 4) is 0 Å². The van der Waals surface area contributed by atoms with Crippen LogP contribution in [0.5, 0.6) is 0 Å². The summed E-state index contributed by atoms with van der Waals surface area (Å²) in [6.07, 6.45) is 8.91. The minimum absolute atomic E-state index is 0.687. The second-order valence-corrected chi connectivity index (χ2v) is 5.27. The first-order chi connectivity index (χ1) is 8.28. The van der Waals surface area contributed by atoms with Gasteiger partial charge in [-0.05, 0) is 31.7 Å². The summed E-state index contributed by atoms with van der Waals surface area (Å²) in [6, 6.07) is 0.806. The molecule has 1 aromatic rings. The van der Waals surface area contributed by atoms with Gasteiger partial charge in [-0.1, -0.05) is 20.3 Å². The highest BCUT2D eigenvalue weighted by molar-refractivity contribution is 4.95. The van der Waals surface area contributed by atoms with E-state index >= 15 is 0 Å². The molecule has 0 spiro atoms. The molecule has 1 aromatic heterocycles. The van der Waals surface area contributed by atoms with Crippen LogP contribution >= 0.6 is 0 Å². The van der Waals surface area contributed by atoms with Crippen molar-refractivity contribution < 1.29 is 4.42 Å². The van der Waals surface area contributed by atoms with Crippen molar-refractivity contribution in [1.82, 2.24) is 10.3 Å². The topological polar surface area (TPSA) is 38.1 Å². The summed E-state index contributed by atoms with van der Waals surface area (Å²) < 4.78 is 5.74. The average molecular weight is 236 g/mol. The first-order valence-corrected chi connectivity index (χ1v) is 6.95. The van der Waals surface area contributed by atoms with Gasteiger partial charge in [0, 0.05) is 18.9 Å². The Morgan fingerprint density at radius 1 is 1.53 bits per heavy atom. The highest BCUT2D eigenvalue weighted by atomic mass is 16.4. The molecular weight excluding hydrogens is 212 g/mol. The van der Waals surface area contributed by atoms with Gasteiger partial charge in [0.15, 0.2) is 5.89 Å². The maximum atomic E-state index is 5.74. The molecule has 0 bridgehead atoms. The second-order valence-electron chi connectivity index (χ2n) is 5.27. The number of nitrogens with one attached hydrogen (secondary N) is 1. The number of rotatable bonds is 8. The Kier molecular flexibility index (Phi) is 4.60. The zero-order chi connectivity index (χ0) is 12.1. The Balaban J connectivity index is 1.65. The number of hydrogen-bond donors (Lipinski definition) is 1. The first-order valence-electron chi connectivity index (χ1n) is 6.95. The maximum absolute atomic E-state index is 5.74. The van der Waals surface area contributed by atoms with Crippen molar-refractivity contribution in [1.29, 1.82) is 0 Å². The third-order valence-electron chi connectivity index (χ3n) is 3.43. The van der Waals surface area contributed by atoms with E-state index in [-0.39, 0.29) is 0 Å². The molecule has 2 rings (SSSR count). The van der Waals surface area contributed by atoms with Crippen LogP contribution in [-0.2, 0) is 12.8 Å². The molecular formula is C14H24N2O. The normalized spacial score (nSPS) is 17.3. The van der Waals surface area contributed by atoms with Crippen LogP contribution in [0.1, 0.15) is 51.2 Å². The average Bonchev–Trinajstić information content (AvgIpc) is 3.05. The zero-order valence-electron chi connectivity index (χ0n) is 11.0. The minimum atomic E-state index is 0.687. The molecule has 96 valence electrons. The van der Waals surface area contributed by atoms with Crippen molar-refractivity contribution in [3.63, 3.8) is 0 Å². The van der Waals surface area contributed by atoms with Crippen molar-refractivity contribution in [2.24, 2.45) is 5.92 Å². The molecule has 1 saturated carbocycles. The summed E-state index contributed by atoms with van der Waals surface area (Å²) in [7, 11) is 0. The van der Waals surface area contributed by atoms with E-state index in [1.807, 2.05) is 6.20 Å². The molecule has 0 saturated heterocycles. The fourth-order valence-corrected chi connectivity index (χ4v) is 1.88. The third kappa shape index (κ3) is 4.50. The van der Waals surface area contributed by atoms with Crippen LogP contribution in [0.4, 0.5) is 0 Å². The summed E-state index contributed by atoms with van der Waals surface area (Å²) in [4.78, 5) is 4.34.